The van der Waals surface area contributed by atoms with Crippen LogP contribution in [0.5, 0.6) is 0 Å². The van der Waals surface area contributed by atoms with Gasteiger partial charge in [-0.25, -0.2) is 4.57 Å². The molecule has 2 rings (SSSR count). The van der Waals surface area contributed by atoms with Crippen molar-refractivity contribution in [3.63, 3.8) is 0 Å². The predicted molar refractivity (Wildman–Crippen MR) is 65.4 cm³/mol. The first-order chi connectivity index (χ1) is 6.98. The minimum Gasteiger partial charge on any atom is -1.00 e. The number of nitrogens with one attached hydrogen (secondary N) is 1. The fourth-order valence-corrected chi connectivity index (χ4v) is 2.93. The number of anilines is 1. The Morgan fingerprint density at radius 3 is 2.50 bits per heavy atom. The zero-order valence-electron chi connectivity index (χ0n) is 10.5. The zero-order valence-corrected chi connectivity index (χ0v) is 12.9. The van der Waals surface area contributed by atoms with Crippen LogP contribution in [-0.4, -0.2) is 6.54 Å². The topological polar surface area (TPSA) is 15.9 Å². The zero-order chi connectivity index (χ0) is 11.1. The molecular weight excluding hydrogens is 284 g/mol. The summed E-state index contributed by atoms with van der Waals surface area (Å²) in [5, 5.41) is 7.12. The first kappa shape index (κ1) is 14.0. The van der Waals surface area contributed by atoms with E-state index in [2.05, 4.69) is 43.1 Å². The number of hydrogen-bond acceptors (Lipinski definition) is 2. The second kappa shape index (κ2) is 5.05. The maximum Gasteiger partial charge on any atom is 0.333 e. The molecule has 0 atom stereocenters. The molecular formula is C12H21BrN2S. The van der Waals surface area contributed by atoms with Crippen molar-refractivity contribution >= 4 is 16.5 Å². The van der Waals surface area contributed by atoms with Crippen LogP contribution in [0.15, 0.2) is 5.38 Å². The van der Waals surface area contributed by atoms with Crippen LogP contribution >= 0.6 is 11.3 Å². The van der Waals surface area contributed by atoms with Gasteiger partial charge in [-0.15, -0.1) is 0 Å². The minimum atomic E-state index is 0. The molecule has 1 heterocycles. The number of nitrogens with zero attached hydrogens (tertiary/aromatic N) is 1. The maximum atomic E-state index is 3.55. The van der Waals surface area contributed by atoms with E-state index >= 15 is 0 Å². The van der Waals surface area contributed by atoms with Crippen molar-refractivity contribution in [1.29, 1.82) is 0 Å². The van der Waals surface area contributed by atoms with Gasteiger partial charge < -0.3 is 17.0 Å². The van der Waals surface area contributed by atoms with E-state index in [1.54, 1.807) is 0 Å². The van der Waals surface area contributed by atoms with E-state index in [4.69, 9.17) is 0 Å². The quantitative estimate of drug-likeness (QED) is 0.758. The highest BCUT2D eigenvalue weighted by Crippen LogP contribution is 2.30. The highest BCUT2D eigenvalue weighted by atomic mass is 79.9. The molecule has 1 aromatic rings. The Kier molecular flexibility index (Phi) is 4.41. The number of thiazole rings is 1. The molecule has 92 valence electrons. The smallest absolute Gasteiger partial charge is 0.333 e. The van der Waals surface area contributed by atoms with Crippen molar-refractivity contribution in [2.75, 3.05) is 11.9 Å². The third kappa shape index (κ3) is 3.20. The predicted octanol–water partition coefficient (Wildman–Crippen LogP) is -0.304. The molecule has 1 aliphatic carbocycles. The Balaban J connectivity index is 0.00000128. The van der Waals surface area contributed by atoms with Crippen molar-refractivity contribution in [3.8, 4) is 0 Å². The van der Waals surface area contributed by atoms with E-state index in [-0.39, 0.29) is 22.4 Å². The third-order valence-electron chi connectivity index (χ3n) is 2.96. The minimum absolute atomic E-state index is 0. The average Bonchev–Trinajstić information content (AvgIpc) is 2.86. The van der Waals surface area contributed by atoms with Gasteiger partial charge in [0.15, 0.2) is 0 Å². The van der Waals surface area contributed by atoms with Crippen LogP contribution in [0.2, 0.25) is 0 Å². The lowest BCUT2D eigenvalue weighted by Crippen LogP contribution is -3.00. The number of aromatic nitrogens is 1. The lowest BCUT2D eigenvalue weighted by atomic mass is 9.93. The molecule has 1 aromatic heterocycles. The molecule has 1 saturated carbocycles. The molecule has 0 amide bonds. The summed E-state index contributed by atoms with van der Waals surface area (Å²) in [6.07, 6.45) is 2.82. The molecule has 0 unspecified atom stereocenters. The van der Waals surface area contributed by atoms with Gasteiger partial charge >= 0.3 is 5.13 Å². The van der Waals surface area contributed by atoms with Crippen LogP contribution < -0.4 is 26.9 Å². The summed E-state index contributed by atoms with van der Waals surface area (Å²) in [5.41, 5.74) is 1.65. The molecule has 1 N–H and O–H groups in total. The van der Waals surface area contributed by atoms with Gasteiger partial charge in [-0.05, 0) is 18.8 Å². The average molecular weight is 305 g/mol. The van der Waals surface area contributed by atoms with E-state index in [1.165, 1.54) is 23.7 Å². The van der Waals surface area contributed by atoms with Crippen LogP contribution in [0, 0.1) is 5.92 Å². The van der Waals surface area contributed by atoms with Gasteiger partial charge in [0, 0.05) is 10.8 Å². The Morgan fingerprint density at radius 1 is 1.44 bits per heavy atom. The van der Waals surface area contributed by atoms with Crippen LogP contribution in [0.25, 0.3) is 0 Å². The lowest BCUT2D eigenvalue weighted by molar-refractivity contribution is -0.664. The summed E-state index contributed by atoms with van der Waals surface area (Å²) in [6.45, 7) is 7.94. The highest BCUT2D eigenvalue weighted by Gasteiger charge is 2.27. The summed E-state index contributed by atoms with van der Waals surface area (Å²) in [7, 11) is 2.16. The molecule has 0 aliphatic heterocycles. The van der Waals surface area contributed by atoms with Gasteiger partial charge in [0.1, 0.15) is 5.69 Å². The van der Waals surface area contributed by atoms with Crippen molar-refractivity contribution in [1.82, 2.24) is 0 Å². The van der Waals surface area contributed by atoms with Crippen molar-refractivity contribution in [2.24, 2.45) is 13.0 Å². The second-order valence-corrected chi connectivity index (χ2v) is 6.42. The molecule has 4 heteroatoms. The van der Waals surface area contributed by atoms with Gasteiger partial charge in [0.05, 0.1) is 13.6 Å². The highest BCUT2D eigenvalue weighted by molar-refractivity contribution is 7.13. The lowest BCUT2D eigenvalue weighted by Gasteiger charge is -2.15. The van der Waals surface area contributed by atoms with Crippen molar-refractivity contribution < 1.29 is 21.5 Å². The molecule has 0 spiro atoms. The number of hydrogen-bond donors (Lipinski definition) is 1. The van der Waals surface area contributed by atoms with Gasteiger partial charge in [-0.1, -0.05) is 32.1 Å². The van der Waals surface area contributed by atoms with Crippen molar-refractivity contribution in [2.45, 2.75) is 39.0 Å². The summed E-state index contributed by atoms with van der Waals surface area (Å²) in [5.74, 6) is 0.935. The number of halogens is 1. The van der Waals surface area contributed by atoms with Crippen LogP contribution in [0.1, 0.15) is 39.3 Å². The molecule has 1 fully saturated rings. The van der Waals surface area contributed by atoms with E-state index in [0.717, 1.165) is 12.5 Å². The fourth-order valence-electron chi connectivity index (χ4n) is 1.77. The molecule has 2 nitrogen and oxygen atoms in total. The first-order valence-electron chi connectivity index (χ1n) is 5.70. The monoisotopic (exact) mass is 304 g/mol. The Hall–Kier alpha value is -0.0900. The van der Waals surface area contributed by atoms with E-state index < -0.39 is 0 Å². The molecule has 0 bridgehead atoms. The first-order valence-corrected chi connectivity index (χ1v) is 6.58. The summed E-state index contributed by atoms with van der Waals surface area (Å²) in [4.78, 5) is 0. The van der Waals surface area contributed by atoms with E-state index in [9.17, 15) is 0 Å². The third-order valence-corrected chi connectivity index (χ3v) is 3.94. The SMILES string of the molecule is C[n+]1c(C(C)(C)C)csc1NCC1CC1.[Br-]. The number of rotatable bonds is 3. The summed E-state index contributed by atoms with van der Waals surface area (Å²) >= 11 is 1.82. The Labute approximate surface area is 113 Å². The largest absolute Gasteiger partial charge is 1.00 e. The van der Waals surface area contributed by atoms with E-state index in [1.807, 2.05) is 11.3 Å². The van der Waals surface area contributed by atoms with Crippen LogP contribution in [0.4, 0.5) is 5.13 Å². The van der Waals surface area contributed by atoms with Crippen LogP contribution in [0.3, 0.4) is 0 Å². The van der Waals surface area contributed by atoms with Gasteiger partial charge in [-0.3, -0.25) is 5.32 Å². The Morgan fingerprint density at radius 2 is 2.06 bits per heavy atom. The van der Waals surface area contributed by atoms with Crippen molar-refractivity contribution in [3.05, 3.63) is 11.1 Å². The van der Waals surface area contributed by atoms with Gasteiger partial charge in [-0.2, -0.15) is 0 Å². The molecule has 0 aromatic carbocycles. The molecule has 1 aliphatic rings. The standard InChI is InChI=1S/C12H20N2S.BrH/c1-12(2,3)10-8-15-11(14(10)4)13-7-9-5-6-9;/h8-9H,5-7H2,1-4H3;1H. The summed E-state index contributed by atoms with van der Waals surface area (Å²) in [6, 6.07) is 0. The Bertz CT molecular complexity index is 350. The molecule has 0 radical (unpaired) electrons. The second-order valence-electron chi connectivity index (χ2n) is 5.56. The van der Waals surface area contributed by atoms with Crippen LogP contribution in [-0.2, 0) is 12.5 Å². The maximum absolute atomic E-state index is 3.55. The normalized spacial score (nSPS) is 15.8. The fraction of sp³-hybridized carbons (Fsp3) is 0.750. The van der Waals surface area contributed by atoms with Gasteiger partial charge in [0.2, 0.25) is 0 Å². The summed E-state index contributed by atoms with van der Waals surface area (Å²) < 4.78 is 2.30. The van der Waals surface area contributed by atoms with E-state index in [0.29, 0.717) is 0 Å². The molecule has 0 saturated heterocycles. The molecule has 16 heavy (non-hydrogen) atoms. The van der Waals surface area contributed by atoms with Gasteiger partial charge in [0.25, 0.3) is 0 Å².